The molecule has 1 aliphatic heterocycles. The summed E-state index contributed by atoms with van der Waals surface area (Å²) >= 11 is 0. The molecule has 0 saturated carbocycles. The van der Waals surface area contributed by atoms with Crippen molar-refractivity contribution < 1.29 is 9.90 Å². The van der Waals surface area contributed by atoms with Crippen LogP contribution in [0.5, 0.6) is 0 Å². The van der Waals surface area contributed by atoms with E-state index < -0.39 is 0 Å². The van der Waals surface area contributed by atoms with Crippen molar-refractivity contribution in [2.24, 2.45) is 0 Å². The number of hydrogen-bond donors (Lipinski definition) is 3. The van der Waals surface area contributed by atoms with E-state index in [-0.39, 0.29) is 12.5 Å². The minimum atomic E-state index is 0.0181. The van der Waals surface area contributed by atoms with Crippen LogP contribution in [0.15, 0.2) is 18.2 Å². The number of hydrogen-bond acceptors (Lipinski definition) is 3. The fourth-order valence-corrected chi connectivity index (χ4v) is 2.44. The number of aliphatic hydroxyl groups excluding tert-OH is 1. The first-order chi connectivity index (χ1) is 9.33. The Labute approximate surface area is 114 Å². The third-order valence-corrected chi connectivity index (χ3v) is 3.51. The summed E-state index contributed by atoms with van der Waals surface area (Å²) in [6, 6.07) is 5.97. The molecule has 0 fully saturated rings. The largest absolute Gasteiger partial charge is 0.396 e. The summed E-state index contributed by atoms with van der Waals surface area (Å²) < 4.78 is 0. The van der Waals surface area contributed by atoms with Gasteiger partial charge in [0.1, 0.15) is 0 Å². The molecule has 2 rings (SSSR count). The van der Waals surface area contributed by atoms with E-state index in [1.807, 2.05) is 12.1 Å². The zero-order valence-corrected chi connectivity index (χ0v) is 11.2. The molecule has 0 radical (unpaired) electrons. The Hall–Kier alpha value is -1.39. The van der Waals surface area contributed by atoms with Crippen molar-refractivity contribution in [3.05, 3.63) is 34.9 Å². The fraction of sp³-hybridized carbons (Fsp3) is 0.533. The van der Waals surface area contributed by atoms with E-state index in [9.17, 15) is 4.79 Å². The molecule has 3 N–H and O–H groups in total. The van der Waals surface area contributed by atoms with Gasteiger partial charge in [-0.3, -0.25) is 4.79 Å². The molecule has 0 spiro atoms. The lowest BCUT2D eigenvalue weighted by atomic mass is 9.95. The number of fused-ring (bicyclic) bond motifs is 1. The second kappa shape index (κ2) is 7.26. The molecule has 0 aliphatic carbocycles. The standard InChI is InChI=1S/C15H22N2O2/c18-10-3-1-2-8-17-15(19)13-6-4-5-12-7-9-16-11-14(12)13/h4-6,16,18H,1-3,7-11H2,(H,17,19). The lowest BCUT2D eigenvalue weighted by molar-refractivity contribution is 0.0951. The van der Waals surface area contributed by atoms with Gasteiger partial charge in [-0.15, -0.1) is 0 Å². The summed E-state index contributed by atoms with van der Waals surface area (Å²) in [7, 11) is 0. The number of amides is 1. The molecule has 104 valence electrons. The molecule has 1 aromatic carbocycles. The zero-order chi connectivity index (χ0) is 13.5. The number of rotatable bonds is 6. The summed E-state index contributed by atoms with van der Waals surface area (Å²) in [5.41, 5.74) is 3.22. The van der Waals surface area contributed by atoms with Gasteiger partial charge >= 0.3 is 0 Å². The van der Waals surface area contributed by atoms with Crippen LogP contribution < -0.4 is 10.6 Å². The van der Waals surface area contributed by atoms with Gasteiger partial charge < -0.3 is 15.7 Å². The summed E-state index contributed by atoms with van der Waals surface area (Å²) in [6.45, 7) is 2.67. The van der Waals surface area contributed by atoms with Crippen molar-refractivity contribution in [3.63, 3.8) is 0 Å². The summed E-state index contributed by atoms with van der Waals surface area (Å²) in [5.74, 6) is 0.0181. The van der Waals surface area contributed by atoms with E-state index >= 15 is 0 Å². The van der Waals surface area contributed by atoms with Crippen molar-refractivity contribution >= 4 is 5.91 Å². The summed E-state index contributed by atoms with van der Waals surface area (Å²) in [5, 5.41) is 15.0. The Morgan fingerprint density at radius 3 is 3.05 bits per heavy atom. The maximum atomic E-state index is 12.2. The van der Waals surface area contributed by atoms with Crippen LogP contribution in [0.2, 0.25) is 0 Å². The highest BCUT2D eigenvalue weighted by atomic mass is 16.2. The highest BCUT2D eigenvalue weighted by Gasteiger charge is 2.16. The molecule has 0 aromatic heterocycles. The number of nitrogens with one attached hydrogen (secondary N) is 2. The van der Waals surface area contributed by atoms with Crippen molar-refractivity contribution in [2.75, 3.05) is 19.7 Å². The average molecular weight is 262 g/mol. The third-order valence-electron chi connectivity index (χ3n) is 3.51. The predicted molar refractivity (Wildman–Crippen MR) is 75.1 cm³/mol. The SMILES string of the molecule is O=C(NCCCCCO)c1cccc2c1CNCC2. The maximum absolute atomic E-state index is 12.2. The van der Waals surface area contributed by atoms with Gasteiger partial charge in [0.25, 0.3) is 5.91 Å². The Morgan fingerprint density at radius 2 is 2.21 bits per heavy atom. The Bertz CT molecular complexity index is 432. The molecule has 1 aromatic rings. The van der Waals surface area contributed by atoms with Gasteiger partial charge in [-0.25, -0.2) is 0 Å². The van der Waals surface area contributed by atoms with E-state index in [0.29, 0.717) is 6.54 Å². The lowest BCUT2D eigenvalue weighted by Crippen LogP contribution is -2.30. The van der Waals surface area contributed by atoms with Gasteiger partial charge in [-0.05, 0) is 49.4 Å². The minimum Gasteiger partial charge on any atom is -0.396 e. The quantitative estimate of drug-likeness (QED) is 0.676. The fourth-order valence-electron chi connectivity index (χ4n) is 2.44. The van der Waals surface area contributed by atoms with Crippen molar-refractivity contribution in [1.82, 2.24) is 10.6 Å². The van der Waals surface area contributed by atoms with E-state index in [0.717, 1.165) is 49.9 Å². The van der Waals surface area contributed by atoms with Crippen molar-refractivity contribution in [1.29, 1.82) is 0 Å². The molecule has 19 heavy (non-hydrogen) atoms. The third kappa shape index (κ3) is 3.78. The molecular weight excluding hydrogens is 240 g/mol. The number of benzene rings is 1. The number of aliphatic hydroxyl groups is 1. The molecule has 0 unspecified atom stereocenters. The lowest BCUT2D eigenvalue weighted by Gasteiger charge is -2.20. The molecule has 1 aliphatic rings. The normalized spacial score (nSPS) is 13.9. The average Bonchev–Trinajstić information content (AvgIpc) is 2.46. The van der Waals surface area contributed by atoms with E-state index in [1.165, 1.54) is 5.56 Å². The van der Waals surface area contributed by atoms with Gasteiger partial charge in [0.15, 0.2) is 0 Å². The van der Waals surface area contributed by atoms with Gasteiger partial charge in [0.2, 0.25) is 0 Å². The van der Waals surface area contributed by atoms with Crippen LogP contribution in [0.4, 0.5) is 0 Å². The van der Waals surface area contributed by atoms with Crippen LogP contribution in [0.3, 0.4) is 0 Å². The van der Waals surface area contributed by atoms with E-state index in [2.05, 4.69) is 16.7 Å². The summed E-state index contributed by atoms with van der Waals surface area (Å²) in [4.78, 5) is 12.2. The number of unbranched alkanes of at least 4 members (excludes halogenated alkanes) is 2. The molecule has 0 atom stereocenters. The van der Waals surface area contributed by atoms with Crippen LogP contribution >= 0.6 is 0 Å². The first-order valence-electron chi connectivity index (χ1n) is 7.03. The van der Waals surface area contributed by atoms with Crippen LogP contribution in [0, 0.1) is 0 Å². The minimum absolute atomic E-state index is 0.0181. The molecule has 0 saturated heterocycles. The van der Waals surface area contributed by atoms with Crippen molar-refractivity contribution in [3.8, 4) is 0 Å². The Kier molecular flexibility index (Phi) is 5.36. The number of carbonyl (C=O) groups is 1. The first-order valence-corrected chi connectivity index (χ1v) is 7.03. The van der Waals surface area contributed by atoms with Crippen LogP contribution in [0.25, 0.3) is 0 Å². The van der Waals surface area contributed by atoms with E-state index in [1.54, 1.807) is 0 Å². The summed E-state index contributed by atoms with van der Waals surface area (Å²) in [6.07, 6.45) is 3.66. The first kappa shape index (κ1) is 14.0. The number of carbonyl (C=O) groups excluding carboxylic acids is 1. The second-order valence-corrected chi connectivity index (χ2v) is 4.91. The highest BCUT2D eigenvalue weighted by molar-refractivity contribution is 5.96. The zero-order valence-electron chi connectivity index (χ0n) is 11.2. The predicted octanol–water partition coefficient (Wildman–Crippen LogP) is 1.22. The van der Waals surface area contributed by atoms with Crippen LogP contribution in [-0.2, 0) is 13.0 Å². The second-order valence-electron chi connectivity index (χ2n) is 4.91. The Balaban J connectivity index is 1.92. The van der Waals surface area contributed by atoms with Gasteiger partial charge in [-0.1, -0.05) is 12.1 Å². The molecule has 0 bridgehead atoms. The van der Waals surface area contributed by atoms with Gasteiger partial charge in [0.05, 0.1) is 0 Å². The molecule has 4 nitrogen and oxygen atoms in total. The molecule has 1 heterocycles. The van der Waals surface area contributed by atoms with E-state index in [4.69, 9.17) is 5.11 Å². The molecule has 4 heteroatoms. The van der Waals surface area contributed by atoms with Gasteiger partial charge in [-0.2, -0.15) is 0 Å². The monoisotopic (exact) mass is 262 g/mol. The van der Waals surface area contributed by atoms with Gasteiger partial charge in [0, 0.05) is 25.3 Å². The van der Waals surface area contributed by atoms with Crippen LogP contribution in [0.1, 0.15) is 40.7 Å². The maximum Gasteiger partial charge on any atom is 0.251 e. The molecular formula is C15H22N2O2. The Morgan fingerprint density at radius 1 is 1.32 bits per heavy atom. The highest BCUT2D eigenvalue weighted by Crippen LogP contribution is 2.18. The van der Waals surface area contributed by atoms with Crippen LogP contribution in [-0.4, -0.2) is 30.7 Å². The smallest absolute Gasteiger partial charge is 0.251 e. The molecule has 1 amide bonds. The topological polar surface area (TPSA) is 61.4 Å². The van der Waals surface area contributed by atoms with Crippen molar-refractivity contribution in [2.45, 2.75) is 32.2 Å².